The van der Waals surface area contributed by atoms with E-state index in [0.29, 0.717) is 62.4 Å². The highest BCUT2D eigenvalue weighted by Gasteiger charge is 2.48. The minimum atomic E-state index is -1.44. The zero-order valence-electron chi connectivity index (χ0n) is 53.9. The summed E-state index contributed by atoms with van der Waals surface area (Å²) in [6, 6.07) is 0. The number of ketones is 3. The van der Waals surface area contributed by atoms with E-state index in [9.17, 15) is 53.7 Å². The smallest absolute Gasteiger partial charge is 0.377 e. The average molecular weight is 1300 g/mol. The minimum Gasteiger partial charge on any atom is -0.505 e. The fourth-order valence-electron chi connectivity index (χ4n) is 10.1. The maximum atomic E-state index is 12.8. The second kappa shape index (κ2) is 36.0. The molecule has 0 spiro atoms. The third-order valence-electron chi connectivity index (χ3n) is 14.4. The molecule has 0 aromatic heterocycles. The van der Waals surface area contributed by atoms with Crippen LogP contribution in [0.5, 0.6) is 0 Å². The third kappa shape index (κ3) is 21.9. The van der Waals surface area contributed by atoms with Gasteiger partial charge < -0.3 is 83.1 Å². The van der Waals surface area contributed by atoms with Gasteiger partial charge in [-0.3, -0.25) is 19.2 Å². The number of hydrogen-bond acceptors (Lipinski definition) is 25. The molecule has 0 saturated carbocycles. The second-order valence-electron chi connectivity index (χ2n) is 23.5. The lowest BCUT2D eigenvalue weighted by Crippen LogP contribution is -2.41. The van der Waals surface area contributed by atoms with Gasteiger partial charge in [0, 0.05) is 39.3 Å². The van der Waals surface area contributed by atoms with Crippen LogP contribution in [0.15, 0.2) is 92.4 Å². The summed E-state index contributed by atoms with van der Waals surface area (Å²) in [6.07, 6.45) is -4.12. The first-order chi connectivity index (χ1) is 41.2. The molecule has 25 nitrogen and oxygen atoms in total. The molecule has 26 heteroatoms. The molecule has 0 aromatic rings. The molecule has 508 valence electrons. The molecule has 4 unspecified atom stereocenters. The monoisotopic (exact) mass is 1300 g/mol. The number of esters is 4. The highest BCUT2D eigenvalue weighted by atomic mass is 35.5. The van der Waals surface area contributed by atoms with Crippen molar-refractivity contribution >= 4 is 58.1 Å². The fraction of sp³-hybridized carbons (Fsp3) is 0.625. The van der Waals surface area contributed by atoms with Crippen molar-refractivity contribution in [2.24, 2.45) is 16.2 Å². The van der Waals surface area contributed by atoms with Crippen molar-refractivity contribution < 1.29 is 121 Å². The number of cyclic esters (lactones) is 2. The highest BCUT2D eigenvalue weighted by molar-refractivity contribution is 6.64. The second-order valence-corrected chi connectivity index (χ2v) is 23.9. The Balaban J connectivity index is 0.000000595. The molecule has 8 atom stereocenters. The Morgan fingerprint density at radius 1 is 0.644 bits per heavy atom. The SMILES string of the molecule is C.C=CC1=C(C)C(=O)C(OC(=O)C(OCC)OCC)CC1(C)C.CC(C)=CC1=C(C)C(=O)C(O)CC1(C)C.CC(C)=CC1=C(C)C(=O)C(OC(=O)C2OC[C@@H]([C@H]3OC(=O)C(O)=C3O)O2)CC1(C)C.CCOC(OCC)C(=O)Cl.O=C1O[C@H]([C@@H](O)CO)C(O)=C1O. The number of ether oxygens (including phenoxy) is 10. The summed E-state index contributed by atoms with van der Waals surface area (Å²) in [6.45, 7) is 36.8. The van der Waals surface area contributed by atoms with E-state index in [0.717, 1.165) is 22.3 Å². The van der Waals surface area contributed by atoms with Crippen molar-refractivity contribution in [2.75, 3.05) is 39.6 Å². The number of carbonyl (C=O) groups excluding carboxylic acids is 8. The van der Waals surface area contributed by atoms with Crippen molar-refractivity contribution in [3.8, 4) is 0 Å². The van der Waals surface area contributed by atoms with E-state index in [1.165, 1.54) is 5.57 Å². The first kappa shape index (κ1) is 81.6. The van der Waals surface area contributed by atoms with Crippen LogP contribution in [0, 0.1) is 16.2 Å². The number of hydrogen-bond donors (Lipinski definition) is 7. The number of rotatable bonds is 19. The zero-order valence-corrected chi connectivity index (χ0v) is 54.7. The summed E-state index contributed by atoms with van der Waals surface area (Å²) in [5.74, 6) is -7.58. The Morgan fingerprint density at radius 3 is 1.46 bits per heavy atom. The van der Waals surface area contributed by atoms with Gasteiger partial charge in [0.2, 0.25) is 17.8 Å². The Bertz CT molecular complexity index is 2820. The molecule has 6 rings (SSSR count). The van der Waals surface area contributed by atoms with Crippen LogP contribution in [0.2, 0.25) is 0 Å². The van der Waals surface area contributed by atoms with Crippen molar-refractivity contribution in [2.45, 2.75) is 206 Å². The fourth-order valence-corrected chi connectivity index (χ4v) is 10.2. The topological polar surface area (TPSA) is 370 Å². The van der Waals surface area contributed by atoms with E-state index < -0.39 is 120 Å². The Hall–Kier alpha value is -6.39. The molecule has 1 saturated heterocycles. The number of Topliss-reactive ketones (excluding diaryl/α,β-unsaturated/α-hetero) is 3. The van der Waals surface area contributed by atoms with Gasteiger partial charge in [0.1, 0.15) is 18.3 Å². The molecule has 7 N–H and O–H groups in total. The van der Waals surface area contributed by atoms with E-state index in [1.54, 1.807) is 54.5 Å². The summed E-state index contributed by atoms with van der Waals surface area (Å²) >= 11 is 5.11. The van der Waals surface area contributed by atoms with E-state index in [1.807, 2.05) is 61.5 Å². The molecule has 1 fully saturated rings. The first-order valence-electron chi connectivity index (χ1n) is 28.9. The molecule has 90 heavy (non-hydrogen) atoms. The Kier molecular flexibility index (Phi) is 32.7. The molecule has 0 bridgehead atoms. The van der Waals surface area contributed by atoms with Crippen LogP contribution in [-0.2, 0) is 85.7 Å². The van der Waals surface area contributed by atoms with Crippen LogP contribution in [0.3, 0.4) is 0 Å². The quantitative estimate of drug-likeness (QED) is 0.0279. The van der Waals surface area contributed by atoms with Gasteiger partial charge in [0.25, 0.3) is 17.8 Å². The van der Waals surface area contributed by atoms with Gasteiger partial charge in [0.15, 0.2) is 53.3 Å². The summed E-state index contributed by atoms with van der Waals surface area (Å²) < 4.78 is 50.6. The van der Waals surface area contributed by atoms with Crippen LogP contribution in [-0.4, -0.2) is 183 Å². The lowest BCUT2D eigenvalue weighted by atomic mass is 9.70. The number of aliphatic hydroxyl groups is 7. The van der Waals surface area contributed by atoms with Gasteiger partial charge in [-0.25, -0.2) is 19.2 Å². The third-order valence-corrected chi connectivity index (χ3v) is 14.6. The molecule has 3 heterocycles. The maximum absolute atomic E-state index is 12.8. The highest BCUT2D eigenvalue weighted by Crippen LogP contribution is 2.43. The lowest BCUT2D eigenvalue weighted by Gasteiger charge is -2.36. The van der Waals surface area contributed by atoms with Crippen LogP contribution in [0.25, 0.3) is 0 Å². The zero-order chi connectivity index (χ0) is 68.4. The first-order valence-corrected chi connectivity index (χ1v) is 29.3. The number of carbonyl (C=O) groups is 8. The van der Waals surface area contributed by atoms with E-state index >= 15 is 0 Å². The number of aliphatic hydroxyl groups excluding tert-OH is 7. The summed E-state index contributed by atoms with van der Waals surface area (Å²) in [5.41, 5.74) is 6.19. The van der Waals surface area contributed by atoms with Crippen molar-refractivity contribution in [1.82, 2.24) is 0 Å². The predicted octanol–water partition coefficient (Wildman–Crippen LogP) is 7.98. The predicted molar refractivity (Wildman–Crippen MR) is 327 cm³/mol. The van der Waals surface area contributed by atoms with E-state index in [4.69, 9.17) is 74.7 Å². The van der Waals surface area contributed by atoms with E-state index in [-0.39, 0.29) is 47.6 Å². The summed E-state index contributed by atoms with van der Waals surface area (Å²) in [4.78, 5) is 93.8. The van der Waals surface area contributed by atoms with Crippen molar-refractivity contribution in [3.63, 3.8) is 0 Å². The van der Waals surface area contributed by atoms with E-state index in [2.05, 4.69) is 31.2 Å². The average Bonchev–Trinajstić information content (AvgIpc) is 3.21. The van der Waals surface area contributed by atoms with Crippen molar-refractivity contribution in [1.29, 1.82) is 0 Å². The normalized spacial score (nSPS) is 24.4. The molecule has 0 amide bonds. The summed E-state index contributed by atoms with van der Waals surface area (Å²) in [5, 5.41) is 63.2. The Morgan fingerprint density at radius 2 is 1.06 bits per heavy atom. The van der Waals surface area contributed by atoms with Gasteiger partial charge >= 0.3 is 23.9 Å². The van der Waals surface area contributed by atoms with Crippen LogP contribution in [0.4, 0.5) is 0 Å². The largest absolute Gasteiger partial charge is 0.505 e. The molecule has 0 radical (unpaired) electrons. The maximum Gasteiger partial charge on any atom is 0.377 e. The van der Waals surface area contributed by atoms with Crippen LogP contribution in [0.1, 0.15) is 144 Å². The molecule has 0 aromatic carbocycles. The standard InChI is InChI=1S/C21H26O9.C17H26O5.C13H20O2.C6H11ClO3.C6H8O6.CH4/c1-9(2)6-11-10(3)14(22)12(7-21(11,4)5)28-19(26)20-27-8-13(29-20)17-15(23)16(24)18(25)30-17;1-7-12-11(4)14(18)13(10-17(12,5)6)22-15(19)16(20-8-2)21-9-3;1-8(2)6-10-9(3)12(15)11(14)7-13(10,4)5;1-3-9-6(5(7)8)10-4-2;7-1-2(8)5-3(9)4(10)6(11)12-5;/h6,12-13,17,20,23-24H,7-8H2,1-5H3;7,13,16H,1,8-10H2,2-6H3;6,11,14H,7H2,1-5H3;6H,3-4H2,1-2H3;2,5,7-10H,1H2;1H4/t12?,13-,17+,20?;;;;2-,5+;/m0...0./s1. The van der Waals surface area contributed by atoms with Gasteiger partial charge in [-0.15, -0.1) is 0 Å². The van der Waals surface area contributed by atoms with Gasteiger partial charge in [-0.2, -0.15) is 0 Å². The number of allylic oxidation sites excluding steroid dienone is 8. The van der Waals surface area contributed by atoms with Crippen LogP contribution < -0.4 is 0 Å². The van der Waals surface area contributed by atoms with Crippen LogP contribution >= 0.6 is 11.6 Å². The van der Waals surface area contributed by atoms with Gasteiger partial charge in [0.05, 0.1) is 13.2 Å². The molecule has 3 aliphatic heterocycles. The number of halogens is 1. The van der Waals surface area contributed by atoms with Gasteiger partial charge in [-0.1, -0.05) is 84.9 Å². The molecule has 6 aliphatic rings. The summed E-state index contributed by atoms with van der Waals surface area (Å²) in [7, 11) is 0. The lowest BCUT2D eigenvalue weighted by molar-refractivity contribution is -0.199. The van der Waals surface area contributed by atoms with Gasteiger partial charge in [-0.05, 0) is 144 Å². The molecular formula is C64H95ClO25. The van der Waals surface area contributed by atoms with Crippen molar-refractivity contribution in [3.05, 3.63) is 92.4 Å². The minimum absolute atomic E-state index is 0. The molecule has 3 aliphatic carbocycles. The Labute approximate surface area is 531 Å². The molecular weight excluding hydrogens is 1200 g/mol.